The lowest BCUT2D eigenvalue weighted by Gasteiger charge is -2.21. The second-order valence-corrected chi connectivity index (χ2v) is 32.6. The van der Waals surface area contributed by atoms with Crippen LogP contribution in [0.4, 0.5) is 0 Å². The summed E-state index contributed by atoms with van der Waals surface area (Å²) in [6.45, 7) is 11.9. The smallest absolute Gasteiger partial charge is 0.462 e. The zero-order valence-corrected chi connectivity index (χ0v) is 66.9. The van der Waals surface area contributed by atoms with Crippen LogP contribution in [0.15, 0.2) is 24.3 Å². The third kappa shape index (κ3) is 72.5. The molecule has 0 aliphatic rings. The van der Waals surface area contributed by atoms with E-state index in [-0.39, 0.29) is 25.7 Å². The van der Waals surface area contributed by atoms with Crippen molar-refractivity contribution in [3.63, 3.8) is 0 Å². The highest BCUT2D eigenvalue weighted by Gasteiger charge is 2.30. The van der Waals surface area contributed by atoms with Crippen molar-refractivity contribution >= 4 is 39.5 Å². The van der Waals surface area contributed by atoms with Crippen LogP contribution in [0.1, 0.15) is 395 Å². The lowest BCUT2D eigenvalue weighted by molar-refractivity contribution is -0.161. The molecule has 0 aromatic heterocycles. The molecule has 0 aromatic rings. The van der Waals surface area contributed by atoms with Crippen molar-refractivity contribution in [1.29, 1.82) is 0 Å². The van der Waals surface area contributed by atoms with Crippen molar-refractivity contribution in [3.8, 4) is 0 Å². The highest BCUT2D eigenvalue weighted by molar-refractivity contribution is 7.47. The van der Waals surface area contributed by atoms with Gasteiger partial charge in [-0.3, -0.25) is 37.3 Å². The standard InChI is InChI=1S/C81H154O17P2/c1-8-10-11-12-13-14-15-16-21-26-31-36-41-50-57-64-80(85)98-77(69-92-79(84)63-56-49-44-43-47-54-61-74(7)9-2)71-96-100(89,90)94-67-75(82)66-93-99(87,88)95-70-76(97-81(86)65-58-51-42-37-32-27-29-34-39-46-53-60-73(5)6)68-91-78(83)62-55-48-40-35-30-25-23-20-18-17-19-22-24-28-33-38-45-52-59-72(3)4/h14-16,21,72-77,82H,8-13,17-20,22-71H2,1-7H3,(H,87,88)(H,89,90)/b15-14-,21-16-/t74?,75-,76-,77-/m1/s1. The topological polar surface area (TPSA) is 237 Å². The molecule has 0 spiro atoms. The minimum atomic E-state index is -4.97. The SMILES string of the molecule is CCCCCC/C=C\C=C/CCCCCCCC(=O)O[C@H](COC(=O)CCCCCCCCC(C)CC)COP(=O)(O)OC[C@H](O)COP(=O)(O)OC[C@@H](COC(=O)CCCCCCCCCCCCCCCCCCCCC(C)C)OC(=O)CCCCCCCCCCCCCC(C)C. The summed E-state index contributed by atoms with van der Waals surface area (Å²) in [5.74, 6) is 0.169. The normalized spacial score (nSPS) is 14.4. The molecule has 100 heavy (non-hydrogen) atoms. The molecule has 0 amide bonds. The molecule has 0 fully saturated rings. The Kier molecular flexibility index (Phi) is 69.1. The summed E-state index contributed by atoms with van der Waals surface area (Å²) in [5, 5.41) is 10.6. The van der Waals surface area contributed by atoms with Gasteiger partial charge in [-0.25, -0.2) is 9.13 Å². The fraction of sp³-hybridized carbons (Fsp3) is 0.901. The number of esters is 4. The van der Waals surface area contributed by atoms with E-state index in [4.69, 9.17) is 37.0 Å². The number of phosphoric ester groups is 2. The van der Waals surface area contributed by atoms with Crippen molar-refractivity contribution in [2.45, 2.75) is 414 Å². The van der Waals surface area contributed by atoms with Crippen LogP contribution in [0.3, 0.4) is 0 Å². The fourth-order valence-corrected chi connectivity index (χ4v) is 13.5. The van der Waals surface area contributed by atoms with E-state index in [0.717, 1.165) is 127 Å². The molecule has 17 nitrogen and oxygen atoms in total. The number of hydrogen-bond donors (Lipinski definition) is 3. The molecule has 0 heterocycles. The van der Waals surface area contributed by atoms with E-state index in [1.807, 2.05) is 0 Å². The monoisotopic (exact) mass is 1460 g/mol. The first kappa shape index (κ1) is 97.5. The Morgan fingerprint density at radius 2 is 0.590 bits per heavy atom. The minimum absolute atomic E-state index is 0.0840. The number of hydrogen-bond acceptors (Lipinski definition) is 15. The molecule has 0 saturated heterocycles. The van der Waals surface area contributed by atoms with E-state index in [1.54, 1.807) is 0 Å². The Morgan fingerprint density at radius 1 is 0.330 bits per heavy atom. The zero-order chi connectivity index (χ0) is 73.7. The fourth-order valence-electron chi connectivity index (χ4n) is 11.9. The minimum Gasteiger partial charge on any atom is -0.462 e. The number of unbranched alkanes of at least 4 members (excludes halogenated alkanes) is 41. The molecule has 0 rings (SSSR count). The molecule has 3 unspecified atom stereocenters. The number of ether oxygens (including phenoxy) is 4. The van der Waals surface area contributed by atoms with Crippen LogP contribution in [0, 0.1) is 17.8 Å². The van der Waals surface area contributed by atoms with Crippen molar-refractivity contribution in [2.24, 2.45) is 17.8 Å². The highest BCUT2D eigenvalue weighted by Crippen LogP contribution is 2.45. The number of aliphatic hydroxyl groups is 1. The third-order valence-electron chi connectivity index (χ3n) is 18.6. The Bertz CT molecular complexity index is 2040. The van der Waals surface area contributed by atoms with Gasteiger partial charge < -0.3 is 33.8 Å². The number of phosphoric acid groups is 2. The molecule has 0 aromatic carbocycles. The predicted octanol–water partition coefficient (Wildman–Crippen LogP) is 23.7. The number of carbonyl (C=O) groups excluding carboxylic acids is 4. The van der Waals surface area contributed by atoms with E-state index < -0.39 is 97.5 Å². The zero-order valence-electron chi connectivity index (χ0n) is 65.2. The van der Waals surface area contributed by atoms with Gasteiger partial charge in [-0.2, -0.15) is 0 Å². The van der Waals surface area contributed by atoms with Gasteiger partial charge in [0.2, 0.25) is 0 Å². The van der Waals surface area contributed by atoms with Crippen LogP contribution in [0.5, 0.6) is 0 Å². The number of carbonyl (C=O) groups is 4. The first-order chi connectivity index (χ1) is 48.3. The molecule has 19 heteroatoms. The summed E-state index contributed by atoms with van der Waals surface area (Å²) in [4.78, 5) is 73.0. The van der Waals surface area contributed by atoms with Gasteiger partial charge in [0.05, 0.1) is 26.4 Å². The Hall–Kier alpha value is -2.46. The average Bonchev–Trinajstić information content (AvgIpc) is 0.933. The van der Waals surface area contributed by atoms with E-state index >= 15 is 0 Å². The molecule has 6 atom stereocenters. The molecule has 3 N–H and O–H groups in total. The summed E-state index contributed by atoms with van der Waals surface area (Å²) in [5.41, 5.74) is 0. The summed E-state index contributed by atoms with van der Waals surface area (Å²) in [7, 11) is -9.93. The highest BCUT2D eigenvalue weighted by atomic mass is 31.2. The van der Waals surface area contributed by atoms with Crippen molar-refractivity contribution < 1.29 is 80.2 Å². The summed E-state index contributed by atoms with van der Waals surface area (Å²) in [6.07, 6.45) is 62.0. The van der Waals surface area contributed by atoms with Gasteiger partial charge in [-0.15, -0.1) is 0 Å². The maximum absolute atomic E-state index is 13.1. The van der Waals surface area contributed by atoms with Crippen molar-refractivity contribution in [2.75, 3.05) is 39.6 Å². The van der Waals surface area contributed by atoms with Gasteiger partial charge in [0.15, 0.2) is 12.2 Å². The number of aliphatic hydroxyl groups excluding tert-OH is 1. The molecule has 0 aliphatic carbocycles. The lowest BCUT2D eigenvalue weighted by atomic mass is 10.00. The van der Waals surface area contributed by atoms with Gasteiger partial charge >= 0.3 is 39.5 Å². The Balaban J connectivity index is 5.24. The summed E-state index contributed by atoms with van der Waals surface area (Å²) in [6, 6.07) is 0. The van der Waals surface area contributed by atoms with Crippen molar-refractivity contribution in [1.82, 2.24) is 0 Å². The van der Waals surface area contributed by atoms with Gasteiger partial charge in [0, 0.05) is 25.7 Å². The lowest BCUT2D eigenvalue weighted by Crippen LogP contribution is -2.30. The van der Waals surface area contributed by atoms with Crippen LogP contribution in [0.2, 0.25) is 0 Å². The molecule has 0 bridgehead atoms. The summed E-state index contributed by atoms with van der Waals surface area (Å²) >= 11 is 0. The van der Waals surface area contributed by atoms with E-state index in [9.17, 15) is 43.2 Å². The second-order valence-electron chi connectivity index (χ2n) is 29.7. The quantitative estimate of drug-likeness (QED) is 0.0169. The molecule has 590 valence electrons. The van der Waals surface area contributed by atoms with Crippen LogP contribution in [-0.2, 0) is 65.4 Å². The van der Waals surface area contributed by atoms with Gasteiger partial charge in [-0.1, -0.05) is 342 Å². The molecular weight excluding hydrogens is 1310 g/mol. The Labute approximate surface area is 612 Å². The van der Waals surface area contributed by atoms with E-state index in [0.29, 0.717) is 25.7 Å². The predicted molar refractivity (Wildman–Crippen MR) is 409 cm³/mol. The number of allylic oxidation sites excluding steroid dienone is 4. The van der Waals surface area contributed by atoms with Gasteiger partial charge in [0.1, 0.15) is 19.3 Å². The molecular formula is C81H154O17P2. The van der Waals surface area contributed by atoms with Crippen LogP contribution in [-0.4, -0.2) is 96.7 Å². The van der Waals surface area contributed by atoms with E-state index in [1.165, 1.54) is 186 Å². The first-order valence-corrected chi connectivity index (χ1v) is 44.2. The number of rotatable bonds is 77. The average molecular weight is 1460 g/mol. The van der Waals surface area contributed by atoms with Crippen LogP contribution in [0.25, 0.3) is 0 Å². The second kappa shape index (κ2) is 70.8. The van der Waals surface area contributed by atoms with Gasteiger partial charge in [-0.05, 0) is 69.1 Å². The summed E-state index contributed by atoms with van der Waals surface area (Å²) < 4.78 is 68.6. The maximum atomic E-state index is 13.1. The maximum Gasteiger partial charge on any atom is 0.472 e. The van der Waals surface area contributed by atoms with Gasteiger partial charge in [0.25, 0.3) is 0 Å². The Morgan fingerprint density at radius 3 is 0.890 bits per heavy atom. The van der Waals surface area contributed by atoms with Crippen molar-refractivity contribution in [3.05, 3.63) is 24.3 Å². The van der Waals surface area contributed by atoms with E-state index in [2.05, 4.69) is 72.8 Å². The molecule has 0 saturated carbocycles. The van der Waals surface area contributed by atoms with Crippen LogP contribution >= 0.6 is 15.6 Å². The third-order valence-corrected chi connectivity index (χ3v) is 20.5. The molecule has 0 radical (unpaired) electrons. The largest absolute Gasteiger partial charge is 0.472 e. The molecule has 0 aliphatic heterocycles. The van der Waals surface area contributed by atoms with Crippen LogP contribution < -0.4 is 0 Å². The first-order valence-electron chi connectivity index (χ1n) is 41.2.